The van der Waals surface area contributed by atoms with E-state index in [-0.39, 0.29) is 11.7 Å². The molecule has 106 valence electrons. The van der Waals surface area contributed by atoms with Crippen LogP contribution in [0.2, 0.25) is 5.02 Å². The lowest BCUT2D eigenvalue weighted by molar-refractivity contribution is 0.0997. The summed E-state index contributed by atoms with van der Waals surface area (Å²) in [5.41, 5.74) is 2.32. The Balaban J connectivity index is 1.96. The molecule has 5 heteroatoms. The minimum Gasteiger partial charge on any atom is -0.449 e. The van der Waals surface area contributed by atoms with Gasteiger partial charge in [-0.15, -0.1) is 0 Å². The predicted octanol–water partition coefficient (Wildman–Crippen LogP) is 4.35. The molecule has 0 aliphatic carbocycles. The minimum absolute atomic E-state index is 0.250. The maximum absolute atomic E-state index is 12.3. The Morgan fingerprint density at radius 1 is 1.24 bits per heavy atom. The van der Waals surface area contributed by atoms with Crippen molar-refractivity contribution in [1.82, 2.24) is 4.98 Å². The SMILES string of the molecule is Cc1ccc(NC(=O)c2oc3c(Cl)cccc3c2C)nc1. The van der Waals surface area contributed by atoms with Crippen LogP contribution in [0.15, 0.2) is 40.9 Å². The largest absolute Gasteiger partial charge is 0.449 e. The summed E-state index contributed by atoms with van der Waals surface area (Å²) in [7, 11) is 0. The van der Waals surface area contributed by atoms with Crippen LogP contribution >= 0.6 is 11.6 Å². The zero-order valence-electron chi connectivity index (χ0n) is 11.6. The van der Waals surface area contributed by atoms with Crippen molar-refractivity contribution in [2.24, 2.45) is 0 Å². The van der Waals surface area contributed by atoms with Gasteiger partial charge in [-0.25, -0.2) is 4.98 Å². The van der Waals surface area contributed by atoms with E-state index in [1.54, 1.807) is 18.3 Å². The number of benzene rings is 1. The van der Waals surface area contributed by atoms with E-state index >= 15 is 0 Å². The monoisotopic (exact) mass is 300 g/mol. The van der Waals surface area contributed by atoms with Crippen LogP contribution in [0.5, 0.6) is 0 Å². The molecule has 0 saturated heterocycles. The molecule has 1 amide bonds. The molecule has 2 aromatic heterocycles. The molecule has 21 heavy (non-hydrogen) atoms. The van der Waals surface area contributed by atoms with Gasteiger partial charge in [-0.3, -0.25) is 4.79 Å². The third kappa shape index (κ3) is 2.50. The van der Waals surface area contributed by atoms with Crippen LogP contribution in [0.1, 0.15) is 21.7 Å². The van der Waals surface area contributed by atoms with E-state index in [0.29, 0.717) is 16.4 Å². The van der Waals surface area contributed by atoms with Gasteiger partial charge in [-0.05, 0) is 31.5 Å². The smallest absolute Gasteiger partial charge is 0.292 e. The van der Waals surface area contributed by atoms with Gasteiger partial charge in [0.25, 0.3) is 5.91 Å². The number of nitrogens with one attached hydrogen (secondary N) is 1. The number of hydrogen-bond acceptors (Lipinski definition) is 3. The third-order valence-electron chi connectivity index (χ3n) is 3.27. The van der Waals surface area contributed by atoms with Crippen LogP contribution in [0, 0.1) is 13.8 Å². The van der Waals surface area contributed by atoms with E-state index in [4.69, 9.17) is 16.0 Å². The fourth-order valence-electron chi connectivity index (χ4n) is 2.14. The molecular weight excluding hydrogens is 288 g/mol. The Kier molecular flexibility index (Phi) is 3.39. The summed E-state index contributed by atoms with van der Waals surface area (Å²) in [6.45, 7) is 3.77. The standard InChI is InChI=1S/C16H13ClN2O2/c1-9-6-7-13(18-8-9)19-16(20)14-10(2)11-4-3-5-12(17)15(11)21-14/h3-8H,1-2H3,(H,18,19,20). The molecular formula is C16H13ClN2O2. The van der Waals surface area contributed by atoms with Crippen LogP contribution in [0.3, 0.4) is 0 Å². The van der Waals surface area contributed by atoms with E-state index in [0.717, 1.165) is 16.5 Å². The Morgan fingerprint density at radius 2 is 2.05 bits per heavy atom. The third-order valence-corrected chi connectivity index (χ3v) is 3.57. The number of carbonyl (C=O) groups excluding carboxylic acids is 1. The molecule has 0 saturated carbocycles. The summed E-state index contributed by atoms with van der Waals surface area (Å²) < 4.78 is 5.62. The number of fused-ring (bicyclic) bond motifs is 1. The highest BCUT2D eigenvalue weighted by molar-refractivity contribution is 6.35. The topological polar surface area (TPSA) is 55.1 Å². The van der Waals surface area contributed by atoms with Gasteiger partial charge in [0.05, 0.1) is 5.02 Å². The number of carbonyl (C=O) groups is 1. The quantitative estimate of drug-likeness (QED) is 0.765. The first kappa shape index (κ1) is 13.6. The number of para-hydroxylation sites is 1. The van der Waals surface area contributed by atoms with Crippen LogP contribution in [-0.4, -0.2) is 10.9 Å². The van der Waals surface area contributed by atoms with Crippen LogP contribution < -0.4 is 5.32 Å². The Morgan fingerprint density at radius 3 is 2.71 bits per heavy atom. The molecule has 2 heterocycles. The fraction of sp³-hybridized carbons (Fsp3) is 0.125. The van der Waals surface area contributed by atoms with Crippen molar-refractivity contribution < 1.29 is 9.21 Å². The average Bonchev–Trinajstić information content (AvgIpc) is 2.81. The lowest BCUT2D eigenvalue weighted by Crippen LogP contribution is -2.13. The Bertz CT molecular complexity index is 822. The zero-order chi connectivity index (χ0) is 15.0. The van der Waals surface area contributed by atoms with Crippen molar-refractivity contribution in [1.29, 1.82) is 0 Å². The molecule has 0 unspecified atom stereocenters. The molecule has 0 aliphatic heterocycles. The van der Waals surface area contributed by atoms with Gasteiger partial charge in [0, 0.05) is 17.1 Å². The Labute approximate surface area is 126 Å². The number of nitrogens with zero attached hydrogens (tertiary/aromatic N) is 1. The van der Waals surface area contributed by atoms with Crippen molar-refractivity contribution in [3.8, 4) is 0 Å². The maximum Gasteiger partial charge on any atom is 0.292 e. The lowest BCUT2D eigenvalue weighted by atomic mass is 10.1. The molecule has 0 atom stereocenters. The molecule has 1 aromatic carbocycles. The zero-order valence-corrected chi connectivity index (χ0v) is 12.4. The first-order valence-electron chi connectivity index (χ1n) is 6.48. The van der Waals surface area contributed by atoms with Gasteiger partial charge in [-0.2, -0.15) is 0 Å². The molecule has 3 rings (SSSR count). The van der Waals surface area contributed by atoms with Gasteiger partial charge in [-0.1, -0.05) is 29.8 Å². The number of pyridine rings is 1. The van der Waals surface area contributed by atoms with E-state index in [2.05, 4.69) is 10.3 Å². The van der Waals surface area contributed by atoms with Crippen molar-refractivity contribution in [2.45, 2.75) is 13.8 Å². The number of anilines is 1. The summed E-state index contributed by atoms with van der Waals surface area (Å²) in [6, 6.07) is 9.07. The van der Waals surface area contributed by atoms with Crippen LogP contribution in [-0.2, 0) is 0 Å². The fourth-order valence-corrected chi connectivity index (χ4v) is 2.35. The van der Waals surface area contributed by atoms with Gasteiger partial charge in [0.2, 0.25) is 0 Å². The van der Waals surface area contributed by atoms with Crippen molar-refractivity contribution in [3.63, 3.8) is 0 Å². The molecule has 0 fully saturated rings. The molecule has 0 aliphatic rings. The number of halogens is 1. The van der Waals surface area contributed by atoms with Crippen molar-refractivity contribution in [2.75, 3.05) is 5.32 Å². The van der Waals surface area contributed by atoms with E-state index in [1.165, 1.54) is 0 Å². The molecule has 1 N–H and O–H groups in total. The van der Waals surface area contributed by atoms with Gasteiger partial charge >= 0.3 is 0 Å². The summed E-state index contributed by atoms with van der Waals surface area (Å²) in [5.74, 6) is 0.396. The van der Waals surface area contributed by atoms with E-state index in [9.17, 15) is 4.79 Å². The lowest BCUT2D eigenvalue weighted by Gasteiger charge is -2.03. The summed E-state index contributed by atoms with van der Waals surface area (Å²) in [6.07, 6.45) is 1.69. The van der Waals surface area contributed by atoms with Gasteiger partial charge in [0.15, 0.2) is 11.3 Å². The number of amides is 1. The number of hydrogen-bond donors (Lipinski definition) is 1. The first-order valence-corrected chi connectivity index (χ1v) is 6.85. The summed E-state index contributed by atoms with van der Waals surface area (Å²) in [5, 5.41) is 4.05. The highest BCUT2D eigenvalue weighted by atomic mass is 35.5. The maximum atomic E-state index is 12.3. The highest BCUT2D eigenvalue weighted by Gasteiger charge is 2.19. The van der Waals surface area contributed by atoms with E-state index in [1.807, 2.05) is 32.0 Å². The number of aromatic nitrogens is 1. The van der Waals surface area contributed by atoms with Crippen molar-refractivity contribution >= 4 is 34.3 Å². The van der Waals surface area contributed by atoms with Crippen molar-refractivity contribution in [3.05, 3.63) is 58.4 Å². The van der Waals surface area contributed by atoms with Crippen LogP contribution in [0.4, 0.5) is 5.82 Å². The summed E-state index contributed by atoms with van der Waals surface area (Å²) >= 11 is 6.09. The van der Waals surface area contributed by atoms with E-state index < -0.39 is 0 Å². The molecule has 0 bridgehead atoms. The second-order valence-electron chi connectivity index (χ2n) is 4.85. The molecule has 4 nitrogen and oxygen atoms in total. The van der Waals surface area contributed by atoms with Gasteiger partial charge < -0.3 is 9.73 Å². The van der Waals surface area contributed by atoms with Crippen LogP contribution in [0.25, 0.3) is 11.0 Å². The molecule has 0 spiro atoms. The van der Waals surface area contributed by atoms with Gasteiger partial charge in [0.1, 0.15) is 5.82 Å². The summed E-state index contributed by atoms with van der Waals surface area (Å²) in [4.78, 5) is 16.5. The minimum atomic E-state index is -0.337. The second-order valence-corrected chi connectivity index (χ2v) is 5.25. The first-order chi connectivity index (χ1) is 10.1. The average molecular weight is 301 g/mol. The predicted molar refractivity (Wildman–Crippen MR) is 82.9 cm³/mol. The highest BCUT2D eigenvalue weighted by Crippen LogP contribution is 2.30. The molecule has 0 radical (unpaired) electrons. The number of aryl methyl sites for hydroxylation is 2. The Hall–Kier alpha value is -2.33. The second kappa shape index (κ2) is 5.22. The normalized spacial score (nSPS) is 10.8. The number of rotatable bonds is 2. The molecule has 3 aromatic rings. The number of furan rings is 1.